The molecule has 142 valence electrons. The maximum Gasteiger partial charge on any atom is 0.0607 e. The van der Waals surface area contributed by atoms with E-state index in [1.165, 1.54) is 77.0 Å². The van der Waals surface area contributed by atoms with Crippen LogP contribution in [0.2, 0.25) is 0 Å². The average Bonchev–Trinajstić information content (AvgIpc) is 2.62. The van der Waals surface area contributed by atoms with Gasteiger partial charge in [-0.2, -0.15) is 0 Å². The summed E-state index contributed by atoms with van der Waals surface area (Å²) in [6.45, 7) is 5.78. The van der Waals surface area contributed by atoms with Gasteiger partial charge >= 0.3 is 0 Å². The van der Waals surface area contributed by atoms with Gasteiger partial charge in [-0.15, -0.1) is 5.16 Å². The lowest BCUT2D eigenvalue weighted by molar-refractivity contribution is 0.0276. The van der Waals surface area contributed by atoms with Crippen molar-refractivity contribution in [2.45, 2.75) is 96.4 Å². The summed E-state index contributed by atoms with van der Waals surface area (Å²) in [5.74, 6) is 0. The lowest BCUT2D eigenvalue weighted by Crippen LogP contribution is -2.44. The Labute approximate surface area is 149 Å². The van der Waals surface area contributed by atoms with Gasteiger partial charge in [0.05, 0.1) is 19.4 Å². The molecule has 1 fully saturated rings. The van der Waals surface area contributed by atoms with Crippen molar-refractivity contribution >= 4 is 6.21 Å². The van der Waals surface area contributed by atoms with Crippen LogP contribution in [0, 0.1) is 0 Å². The summed E-state index contributed by atoms with van der Waals surface area (Å²) in [6.07, 6.45) is 19.3. The smallest absolute Gasteiger partial charge is 0.0607 e. The van der Waals surface area contributed by atoms with Crippen molar-refractivity contribution in [3.8, 4) is 0 Å². The van der Waals surface area contributed by atoms with E-state index in [2.05, 4.69) is 17.0 Å². The standard InChI is InChI=1S/C20H40N2O2/c1-2-3-4-5-6-7-8-9-10-11-12-13-14-20(19-21-23)22-15-17-24-18-16-22/h19-20,23H,2-18H2,1H3. The summed E-state index contributed by atoms with van der Waals surface area (Å²) in [7, 11) is 0. The summed E-state index contributed by atoms with van der Waals surface area (Å²) in [4.78, 5) is 2.38. The van der Waals surface area contributed by atoms with E-state index in [4.69, 9.17) is 9.94 Å². The lowest BCUT2D eigenvalue weighted by Gasteiger charge is -2.32. The Bertz CT molecular complexity index is 291. The van der Waals surface area contributed by atoms with E-state index < -0.39 is 0 Å². The number of hydrogen-bond donors (Lipinski definition) is 1. The maximum atomic E-state index is 8.87. The molecule has 1 saturated heterocycles. The number of morpholine rings is 1. The molecule has 0 aromatic carbocycles. The van der Waals surface area contributed by atoms with Gasteiger partial charge in [0.1, 0.15) is 0 Å². The van der Waals surface area contributed by atoms with Crippen LogP contribution in [0.4, 0.5) is 0 Å². The van der Waals surface area contributed by atoms with E-state index in [0.717, 1.165) is 32.7 Å². The van der Waals surface area contributed by atoms with Gasteiger partial charge in [-0.05, 0) is 6.42 Å². The summed E-state index contributed by atoms with van der Waals surface area (Å²) in [5, 5.41) is 12.1. The van der Waals surface area contributed by atoms with Crippen LogP contribution >= 0.6 is 0 Å². The molecule has 4 nitrogen and oxygen atoms in total. The normalized spacial score (nSPS) is 17.5. The van der Waals surface area contributed by atoms with Crippen LogP contribution in [-0.4, -0.2) is 48.7 Å². The van der Waals surface area contributed by atoms with E-state index in [1.807, 2.05) is 0 Å². The van der Waals surface area contributed by atoms with Gasteiger partial charge in [-0.1, -0.05) is 84.0 Å². The number of rotatable bonds is 15. The fraction of sp³-hybridized carbons (Fsp3) is 0.950. The van der Waals surface area contributed by atoms with E-state index in [1.54, 1.807) is 6.21 Å². The Morgan fingerprint density at radius 1 is 0.875 bits per heavy atom. The van der Waals surface area contributed by atoms with Crippen molar-refractivity contribution in [1.29, 1.82) is 0 Å². The second-order valence-corrected chi connectivity index (χ2v) is 7.16. The molecule has 1 rings (SSSR count). The van der Waals surface area contributed by atoms with Crippen LogP contribution in [0.1, 0.15) is 90.4 Å². The van der Waals surface area contributed by atoms with Crippen molar-refractivity contribution in [2.75, 3.05) is 26.3 Å². The predicted octanol–water partition coefficient (Wildman–Crippen LogP) is 5.24. The lowest BCUT2D eigenvalue weighted by atomic mass is 10.0. The SMILES string of the molecule is CCCCCCCCCCCCCCC(C=NO)N1CCOCC1. The summed E-state index contributed by atoms with van der Waals surface area (Å²) in [6, 6.07) is 0.280. The molecule has 0 bridgehead atoms. The van der Waals surface area contributed by atoms with Crippen molar-refractivity contribution < 1.29 is 9.94 Å². The molecule has 0 saturated carbocycles. The van der Waals surface area contributed by atoms with Gasteiger partial charge in [-0.25, -0.2) is 0 Å². The molecule has 4 heteroatoms. The molecule has 1 heterocycles. The third-order valence-corrected chi connectivity index (χ3v) is 5.11. The second-order valence-electron chi connectivity index (χ2n) is 7.16. The molecule has 1 unspecified atom stereocenters. The third kappa shape index (κ3) is 11.0. The van der Waals surface area contributed by atoms with Crippen LogP contribution in [0.15, 0.2) is 5.16 Å². The molecule has 0 aromatic heterocycles. The van der Waals surface area contributed by atoms with Gasteiger partial charge in [0.2, 0.25) is 0 Å². The molecule has 24 heavy (non-hydrogen) atoms. The Kier molecular flexibility index (Phi) is 14.2. The molecule has 0 radical (unpaired) electrons. The van der Waals surface area contributed by atoms with Crippen LogP contribution in [-0.2, 0) is 4.74 Å². The largest absolute Gasteiger partial charge is 0.411 e. The van der Waals surface area contributed by atoms with E-state index in [-0.39, 0.29) is 6.04 Å². The zero-order valence-corrected chi connectivity index (χ0v) is 15.9. The van der Waals surface area contributed by atoms with E-state index >= 15 is 0 Å². The maximum absolute atomic E-state index is 8.87. The van der Waals surface area contributed by atoms with Crippen molar-refractivity contribution in [3.63, 3.8) is 0 Å². The fourth-order valence-corrected chi connectivity index (χ4v) is 3.53. The van der Waals surface area contributed by atoms with E-state index in [0.29, 0.717) is 0 Å². The number of nitrogens with zero attached hydrogens (tertiary/aromatic N) is 2. The predicted molar refractivity (Wildman–Crippen MR) is 102 cm³/mol. The zero-order valence-electron chi connectivity index (χ0n) is 15.9. The van der Waals surface area contributed by atoms with Gasteiger partial charge in [-0.3, -0.25) is 4.90 Å². The molecule has 1 N–H and O–H groups in total. The highest BCUT2D eigenvalue weighted by Gasteiger charge is 2.19. The van der Waals surface area contributed by atoms with Crippen molar-refractivity contribution in [3.05, 3.63) is 0 Å². The molecule has 1 aliphatic rings. The summed E-state index contributed by atoms with van der Waals surface area (Å²) in [5.41, 5.74) is 0. The highest BCUT2D eigenvalue weighted by atomic mass is 16.5. The van der Waals surface area contributed by atoms with Crippen LogP contribution in [0.25, 0.3) is 0 Å². The van der Waals surface area contributed by atoms with Crippen LogP contribution < -0.4 is 0 Å². The van der Waals surface area contributed by atoms with Crippen LogP contribution in [0.5, 0.6) is 0 Å². The van der Waals surface area contributed by atoms with Crippen LogP contribution in [0.3, 0.4) is 0 Å². The van der Waals surface area contributed by atoms with Crippen molar-refractivity contribution in [1.82, 2.24) is 4.90 Å². The first-order valence-electron chi connectivity index (χ1n) is 10.4. The first-order valence-corrected chi connectivity index (χ1v) is 10.4. The Morgan fingerprint density at radius 2 is 1.38 bits per heavy atom. The molecule has 0 amide bonds. The first kappa shape index (κ1) is 21.4. The molecule has 1 atom stereocenters. The quantitative estimate of drug-likeness (QED) is 0.192. The van der Waals surface area contributed by atoms with Gasteiger partial charge in [0.15, 0.2) is 0 Å². The number of ether oxygens (including phenoxy) is 1. The second kappa shape index (κ2) is 15.9. The summed E-state index contributed by atoms with van der Waals surface area (Å²) < 4.78 is 5.40. The molecule has 0 aliphatic carbocycles. The molecule has 0 spiro atoms. The average molecular weight is 341 g/mol. The Balaban J connectivity index is 1.92. The molecular formula is C20H40N2O2. The van der Waals surface area contributed by atoms with Gasteiger partial charge in [0.25, 0.3) is 0 Å². The minimum Gasteiger partial charge on any atom is -0.411 e. The fourth-order valence-electron chi connectivity index (χ4n) is 3.53. The van der Waals surface area contributed by atoms with Gasteiger partial charge < -0.3 is 9.94 Å². The highest BCUT2D eigenvalue weighted by molar-refractivity contribution is 5.63. The summed E-state index contributed by atoms with van der Waals surface area (Å²) >= 11 is 0. The Morgan fingerprint density at radius 3 is 1.88 bits per heavy atom. The minimum absolute atomic E-state index is 0.280. The Hall–Kier alpha value is -0.610. The minimum atomic E-state index is 0.280. The first-order chi connectivity index (χ1) is 11.9. The number of hydrogen-bond acceptors (Lipinski definition) is 4. The monoisotopic (exact) mass is 340 g/mol. The number of unbranched alkanes of at least 4 members (excludes halogenated alkanes) is 11. The molecule has 1 aliphatic heterocycles. The molecule has 0 aromatic rings. The van der Waals surface area contributed by atoms with Gasteiger partial charge in [0, 0.05) is 19.1 Å². The zero-order chi connectivity index (χ0) is 17.3. The highest BCUT2D eigenvalue weighted by Crippen LogP contribution is 2.14. The van der Waals surface area contributed by atoms with Crippen molar-refractivity contribution in [2.24, 2.45) is 5.16 Å². The number of oxime groups is 1. The topological polar surface area (TPSA) is 45.1 Å². The molecular weight excluding hydrogens is 300 g/mol. The third-order valence-electron chi connectivity index (χ3n) is 5.11. The van der Waals surface area contributed by atoms with E-state index in [9.17, 15) is 0 Å².